The molecule has 4 fully saturated rings. The van der Waals surface area contributed by atoms with Crippen LogP contribution in [0.1, 0.15) is 117 Å². The van der Waals surface area contributed by atoms with Gasteiger partial charge in [-0.1, -0.05) is 65.0 Å². The van der Waals surface area contributed by atoms with Crippen LogP contribution in [-0.2, 0) is 0 Å². The second-order valence-electron chi connectivity index (χ2n) is 16.4. The summed E-state index contributed by atoms with van der Waals surface area (Å²) in [5.74, 6) is 2.30. The molecule has 6 rings (SSSR count). The van der Waals surface area contributed by atoms with Gasteiger partial charge in [0.25, 0.3) is 0 Å². The molecule has 3 unspecified atom stereocenters. The number of halogens is 1. The van der Waals surface area contributed by atoms with E-state index in [1.807, 2.05) is 6.07 Å². The molecule has 5 aliphatic carbocycles. The molecule has 1 aromatic carbocycles. The van der Waals surface area contributed by atoms with Gasteiger partial charge in [0.2, 0.25) is 0 Å². The Morgan fingerprint density at radius 2 is 1.68 bits per heavy atom. The number of hydrogen-bond acceptors (Lipinski definition) is 3. The van der Waals surface area contributed by atoms with Gasteiger partial charge in [-0.3, -0.25) is 0 Å². The van der Waals surface area contributed by atoms with Crippen LogP contribution >= 0.6 is 0 Å². The maximum atomic E-state index is 14.8. The van der Waals surface area contributed by atoms with Gasteiger partial charge in [0, 0.05) is 12.2 Å². The molecule has 0 amide bonds. The summed E-state index contributed by atoms with van der Waals surface area (Å²) in [6.07, 6.45) is 11.2. The van der Waals surface area contributed by atoms with Crippen molar-refractivity contribution in [2.24, 2.45) is 56.7 Å². The highest BCUT2D eigenvalue weighted by molar-refractivity contribution is 5.72. The number of fused-ring (bicyclic) bond motifs is 7. The fourth-order valence-electron chi connectivity index (χ4n) is 12.6. The SMILES string of the molecule is C=C(C)[C@@H]1CC[C@]2(CO)CC[C@]3(C)[C@H](CCC4[C@@]5(C)CC=C(c6ccc(C(O)O)c(F)c6)C(C)(C)C5CC[C@]43C)C12. The van der Waals surface area contributed by atoms with Crippen LogP contribution < -0.4 is 0 Å². The standard InChI is InChI=1S/C37H53FO3/c1-22(2)24-12-17-37(21-39)19-18-35(6)27(31(24)37)10-11-30-34(5)15-13-26(23-8-9-25(32(40)41)28(38)20-23)33(3,4)29(34)14-16-36(30,35)7/h8-9,13,20,24,27,29-32,39-41H,1,10-12,14-19,21H2,2-7H3/t24-,27+,29?,30?,31?,34-,35+,36+,37+/m0/s1. The molecule has 0 aliphatic heterocycles. The van der Waals surface area contributed by atoms with Gasteiger partial charge >= 0.3 is 0 Å². The van der Waals surface area contributed by atoms with Crippen LogP contribution in [0.4, 0.5) is 4.39 Å². The molecule has 0 bridgehead atoms. The molecule has 4 saturated carbocycles. The maximum absolute atomic E-state index is 14.8. The van der Waals surface area contributed by atoms with Crippen LogP contribution in [0, 0.1) is 62.5 Å². The minimum atomic E-state index is -1.80. The van der Waals surface area contributed by atoms with E-state index in [-0.39, 0.29) is 32.6 Å². The zero-order valence-electron chi connectivity index (χ0n) is 26.3. The second-order valence-corrected chi connectivity index (χ2v) is 16.4. The quantitative estimate of drug-likeness (QED) is 0.254. The third-order valence-corrected chi connectivity index (χ3v) is 14.7. The summed E-state index contributed by atoms with van der Waals surface area (Å²) in [7, 11) is 0. The van der Waals surface area contributed by atoms with Gasteiger partial charge in [0.15, 0.2) is 6.29 Å². The lowest BCUT2D eigenvalue weighted by atomic mass is 9.32. The van der Waals surface area contributed by atoms with Crippen LogP contribution in [0.3, 0.4) is 0 Å². The molecule has 0 radical (unpaired) electrons. The Balaban J connectivity index is 1.37. The van der Waals surface area contributed by atoms with Crippen LogP contribution in [0.25, 0.3) is 5.57 Å². The average Bonchev–Trinajstić information content (AvgIpc) is 3.29. The maximum Gasteiger partial charge on any atom is 0.181 e. The summed E-state index contributed by atoms with van der Waals surface area (Å²) in [5.41, 5.74) is 3.95. The number of benzene rings is 1. The highest BCUT2D eigenvalue weighted by Crippen LogP contribution is 2.77. The van der Waals surface area contributed by atoms with Gasteiger partial charge in [-0.2, -0.15) is 0 Å². The molecule has 5 aliphatic rings. The highest BCUT2D eigenvalue weighted by Gasteiger charge is 2.70. The molecular weight excluding hydrogens is 511 g/mol. The third kappa shape index (κ3) is 3.85. The topological polar surface area (TPSA) is 60.7 Å². The van der Waals surface area contributed by atoms with E-state index in [1.165, 1.54) is 61.8 Å². The fourth-order valence-corrected chi connectivity index (χ4v) is 12.6. The van der Waals surface area contributed by atoms with Gasteiger partial charge in [-0.05, 0) is 139 Å². The van der Waals surface area contributed by atoms with Gasteiger partial charge in [0.1, 0.15) is 5.82 Å². The van der Waals surface area contributed by atoms with Gasteiger partial charge in [-0.25, -0.2) is 4.39 Å². The van der Waals surface area contributed by atoms with E-state index in [0.29, 0.717) is 36.2 Å². The first-order valence-corrected chi connectivity index (χ1v) is 16.3. The molecule has 4 heteroatoms. The van der Waals surface area contributed by atoms with E-state index in [0.717, 1.165) is 24.8 Å². The first kappa shape index (κ1) is 29.6. The van der Waals surface area contributed by atoms with Crippen LogP contribution in [-0.4, -0.2) is 21.9 Å². The number of allylic oxidation sites excluding steroid dienone is 3. The normalized spacial score (nSPS) is 44.9. The van der Waals surface area contributed by atoms with Crippen LogP contribution in [0.5, 0.6) is 0 Å². The number of aliphatic hydroxyl groups is 3. The van der Waals surface area contributed by atoms with Crippen molar-refractivity contribution in [2.75, 3.05) is 6.61 Å². The van der Waals surface area contributed by atoms with E-state index >= 15 is 0 Å². The van der Waals surface area contributed by atoms with Crippen molar-refractivity contribution < 1.29 is 19.7 Å². The lowest BCUT2D eigenvalue weighted by Gasteiger charge is -2.72. The Kier molecular flexibility index (Phi) is 6.86. The number of aliphatic hydroxyl groups excluding tert-OH is 2. The van der Waals surface area contributed by atoms with Crippen LogP contribution in [0.15, 0.2) is 36.4 Å². The Morgan fingerprint density at radius 1 is 0.951 bits per heavy atom. The van der Waals surface area contributed by atoms with Gasteiger partial charge in [-0.15, -0.1) is 0 Å². The molecule has 3 nitrogen and oxygen atoms in total. The summed E-state index contributed by atoms with van der Waals surface area (Å²) in [4.78, 5) is 0. The molecule has 0 spiro atoms. The predicted molar refractivity (Wildman–Crippen MR) is 163 cm³/mol. The number of rotatable bonds is 4. The van der Waals surface area contributed by atoms with Crippen molar-refractivity contribution in [3.05, 3.63) is 53.4 Å². The lowest BCUT2D eigenvalue weighted by molar-refractivity contribution is -0.228. The minimum absolute atomic E-state index is 0.0694. The van der Waals surface area contributed by atoms with Crippen molar-refractivity contribution in [1.82, 2.24) is 0 Å². The van der Waals surface area contributed by atoms with Gasteiger partial charge in [0.05, 0.1) is 0 Å². The van der Waals surface area contributed by atoms with E-state index in [4.69, 9.17) is 0 Å². The van der Waals surface area contributed by atoms with Crippen molar-refractivity contribution in [1.29, 1.82) is 0 Å². The average molecular weight is 565 g/mol. The zero-order chi connectivity index (χ0) is 29.8. The molecule has 9 atom stereocenters. The Morgan fingerprint density at radius 3 is 2.32 bits per heavy atom. The number of hydrogen-bond donors (Lipinski definition) is 3. The summed E-state index contributed by atoms with van der Waals surface area (Å²) in [6.45, 7) is 19.6. The van der Waals surface area contributed by atoms with Gasteiger partial charge < -0.3 is 15.3 Å². The summed E-state index contributed by atoms with van der Waals surface area (Å²) in [6, 6.07) is 4.89. The fraction of sp³-hybridized carbons (Fsp3) is 0.730. The van der Waals surface area contributed by atoms with Crippen molar-refractivity contribution in [3.63, 3.8) is 0 Å². The van der Waals surface area contributed by atoms with E-state index in [2.05, 4.69) is 54.2 Å². The molecule has 41 heavy (non-hydrogen) atoms. The summed E-state index contributed by atoms with van der Waals surface area (Å²) >= 11 is 0. The van der Waals surface area contributed by atoms with E-state index in [9.17, 15) is 19.7 Å². The Hall–Kier alpha value is -1.49. The second kappa shape index (κ2) is 9.50. The van der Waals surface area contributed by atoms with Crippen molar-refractivity contribution >= 4 is 5.57 Å². The highest BCUT2D eigenvalue weighted by atomic mass is 19.1. The smallest absolute Gasteiger partial charge is 0.181 e. The van der Waals surface area contributed by atoms with Crippen molar-refractivity contribution in [2.45, 2.75) is 106 Å². The first-order chi connectivity index (χ1) is 19.2. The lowest BCUT2D eigenvalue weighted by Crippen LogP contribution is -2.65. The monoisotopic (exact) mass is 564 g/mol. The summed E-state index contributed by atoms with van der Waals surface area (Å²) in [5, 5.41) is 29.8. The molecule has 0 heterocycles. The Bertz CT molecular complexity index is 1260. The largest absolute Gasteiger partial charge is 0.396 e. The molecule has 226 valence electrons. The van der Waals surface area contributed by atoms with E-state index in [1.54, 1.807) is 0 Å². The summed E-state index contributed by atoms with van der Waals surface area (Å²) < 4.78 is 14.8. The Labute approximate surface area is 247 Å². The predicted octanol–water partition coefficient (Wildman–Crippen LogP) is 8.45. The molecule has 3 N–H and O–H groups in total. The molecular formula is C37H53FO3. The third-order valence-electron chi connectivity index (χ3n) is 14.7. The first-order valence-electron chi connectivity index (χ1n) is 16.3. The van der Waals surface area contributed by atoms with Crippen molar-refractivity contribution in [3.8, 4) is 0 Å². The van der Waals surface area contributed by atoms with Crippen LogP contribution in [0.2, 0.25) is 0 Å². The zero-order valence-corrected chi connectivity index (χ0v) is 26.3. The molecule has 0 aromatic heterocycles. The van der Waals surface area contributed by atoms with E-state index < -0.39 is 12.1 Å². The minimum Gasteiger partial charge on any atom is -0.396 e. The molecule has 0 saturated heterocycles. The molecule has 1 aromatic rings.